The molecule has 0 atom stereocenters. The molecule has 0 aliphatic heterocycles. The summed E-state index contributed by atoms with van der Waals surface area (Å²) in [6.07, 6.45) is 5.82. The molecule has 0 spiro atoms. The van der Waals surface area contributed by atoms with Crippen LogP contribution in [0.15, 0.2) is 103 Å². The molecule has 0 saturated heterocycles. The van der Waals surface area contributed by atoms with Gasteiger partial charge in [0.2, 0.25) is 0 Å². The molecule has 1 aliphatic carbocycles. The maximum Gasteiger partial charge on any atom is 0.118 e. The molecule has 0 unspecified atom stereocenters. The third-order valence-corrected chi connectivity index (χ3v) is 10.6. The molecule has 2 heteroatoms. The van der Waals surface area contributed by atoms with Gasteiger partial charge in [-0.05, 0) is 73.7 Å². The van der Waals surface area contributed by atoms with Crippen molar-refractivity contribution in [3.8, 4) is 0 Å². The van der Waals surface area contributed by atoms with Gasteiger partial charge in [-0.1, -0.05) is 60.7 Å². The summed E-state index contributed by atoms with van der Waals surface area (Å²) in [5.41, 5.74) is 4.00. The van der Waals surface area contributed by atoms with Crippen molar-refractivity contribution in [2.45, 2.75) is 31.8 Å². The molecule has 30 heavy (non-hydrogen) atoms. The van der Waals surface area contributed by atoms with Gasteiger partial charge in [0.25, 0.3) is 0 Å². The number of aromatic nitrogens is 1. The van der Waals surface area contributed by atoms with Gasteiger partial charge in [0.05, 0.1) is 5.69 Å². The normalized spacial score (nSPS) is 13.6. The number of hydrogen-bond acceptors (Lipinski definition) is 1. The van der Waals surface area contributed by atoms with Crippen LogP contribution in [0, 0.1) is 0 Å². The summed E-state index contributed by atoms with van der Waals surface area (Å²) in [6, 6.07) is 37.9. The maximum absolute atomic E-state index is 5.20. The fraction of sp³-hybridized carbons (Fsp3) is 0.179. The maximum atomic E-state index is 5.20. The third kappa shape index (κ3) is 3.59. The van der Waals surface area contributed by atoms with Crippen molar-refractivity contribution >= 4 is 23.2 Å². The van der Waals surface area contributed by atoms with E-state index in [4.69, 9.17) is 4.98 Å². The molecule has 4 aromatic rings. The van der Waals surface area contributed by atoms with Crippen LogP contribution < -0.4 is 15.9 Å². The molecule has 1 aromatic heterocycles. The van der Waals surface area contributed by atoms with Crippen LogP contribution >= 0.6 is 7.26 Å². The molecule has 1 heterocycles. The number of nitrogens with zero attached hydrogens (tertiary/aromatic N) is 1. The highest BCUT2D eigenvalue weighted by atomic mass is 31.2. The number of fused-ring (bicyclic) bond motifs is 1. The van der Waals surface area contributed by atoms with E-state index in [1.54, 1.807) is 0 Å². The van der Waals surface area contributed by atoms with E-state index >= 15 is 0 Å². The largest absolute Gasteiger partial charge is 0.254 e. The smallest absolute Gasteiger partial charge is 0.118 e. The highest BCUT2D eigenvalue weighted by molar-refractivity contribution is 7.95. The lowest BCUT2D eigenvalue weighted by molar-refractivity contribution is 0.665. The summed E-state index contributed by atoms with van der Waals surface area (Å²) in [6.45, 7) is 0. The highest BCUT2D eigenvalue weighted by Crippen LogP contribution is 2.57. The Kier molecular flexibility index (Phi) is 5.47. The van der Waals surface area contributed by atoms with Crippen molar-refractivity contribution in [1.29, 1.82) is 0 Å². The fourth-order valence-corrected chi connectivity index (χ4v) is 8.87. The van der Waals surface area contributed by atoms with Gasteiger partial charge in [-0.15, -0.1) is 0 Å². The minimum absolute atomic E-state index is 0.957. The summed E-state index contributed by atoms with van der Waals surface area (Å²) < 4.78 is 0. The van der Waals surface area contributed by atoms with E-state index in [9.17, 15) is 0 Å². The number of aryl methyl sites for hydroxylation is 2. The Morgan fingerprint density at radius 3 is 1.60 bits per heavy atom. The Morgan fingerprint density at radius 1 is 0.567 bits per heavy atom. The van der Waals surface area contributed by atoms with E-state index in [2.05, 4.69) is 103 Å². The summed E-state index contributed by atoms with van der Waals surface area (Å²) in [5.74, 6) is 0. The van der Waals surface area contributed by atoms with Crippen molar-refractivity contribution in [3.05, 3.63) is 120 Å². The second kappa shape index (κ2) is 8.54. The second-order valence-corrected chi connectivity index (χ2v) is 11.6. The van der Waals surface area contributed by atoms with Crippen molar-refractivity contribution in [2.75, 3.05) is 0 Å². The first-order chi connectivity index (χ1) is 14.9. The van der Waals surface area contributed by atoms with Crippen LogP contribution in [0.25, 0.3) is 0 Å². The van der Waals surface area contributed by atoms with Gasteiger partial charge >= 0.3 is 0 Å². The van der Waals surface area contributed by atoms with Gasteiger partial charge < -0.3 is 0 Å². The third-order valence-electron chi connectivity index (χ3n) is 6.23. The summed E-state index contributed by atoms with van der Waals surface area (Å²) in [5, 5.41) is 4.26. The molecule has 5 rings (SSSR count). The molecule has 148 valence electrons. The predicted octanol–water partition coefficient (Wildman–Crippen LogP) is 5.45. The lowest BCUT2D eigenvalue weighted by Crippen LogP contribution is -2.32. The zero-order valence-corrected chi connectivity index (χ0v) is 18.1. The van der Waals surface area contributed by atoms with E-state index in [0.717, 1.165) is 12.6 Å². The topological polar surface area (TPSA) is 12.9 Å². The monoisotopic (exact) mass is 408 g/mol. The standard InChI is InChI=1S/C28H27NP/c1-4-13-25(14-5-1)30(26-15-6-2-7-16-26,27-17-8-3-9-18-27)22-24-21-20-23-12-10-11-19-28(23)29-24/h1-9,13-18,20-21H,10-12,19,22H2/q+1. The minimum atomic E-state index is -1.87. The Balaban J connectivity index is 1.72. The summed E-state index contributed by atoms with van der Waals surface area (Å²) in [7, 11) is -1.87. The summed E-state index contributed by atoms with van der Waals surface area (Å²) >= 11 is 0. The van der Waals surface area contributed by atoms with Crippen molar-refractivity contribution in [1.82, 2.24) is 4.98 Å². The molecule has 0 saturated carbocycles. The molecule has 3 aromatic carbocycles. The van der Waals surface area contributed by atoms with E-state index in [1.165, 1.54) is 52.1 Å². The lowest BCUT2D eigenvalue weighted by Gasteiger charge is -2.28. The van der Waals surface area contributed by atoms with Gasteiger partial charge in [-0.3, -0.25) is 4.98 Å². The van der Waals surface area contributed by atoms with Crippen molar-refractivity contribution < 1.29 is 0 Å². The van der Waals surface area contributed by atoms with Gasteiger partial charge in [0, 0.05) is 5.69 Å². The Morgan fingerprint density at radius 2 is 1.07 bits per heavy atom. The highest BCUT2D eigenvalue weighted by Gasteiger charge is 2.45. The Labute approximate surface area is 180 Å². The molecule has 0 radical (unpaired) electrons. The molecule has 0 amide bonds. The quantitative estimate of drug-likeness (QED) is 0.400. The van der Waals surface area contributed by atoms with Crippen LogP contribution in [0.2, 0.25) is 0 Å². The average Bonchev–Trinajstić information content (AvgIpc) is 2.84. The zero-order chi connectivity index (χ0) is 20.2. The van der Waals surface area contributed by atoms with Gasteiger partial charge in [-0.25, -0.2) is 0 Å². The molecular formula is C28H27NP+. The predicted molar refractivity (Wildman–Crippen MR) is 130 cm³/mol. The van der Waals surface area contributed by atoms with Crippen LogP contribution in [0.3, 0.4) is 0 Å². The lowest BCUT2D eigenvalue weighted by atomic mass is 9.96. The van der Waals surface area contributed by atoms with E-state index in [-0.39, 0.29) is 0 Å². The van der Waals surface area contributed by atoms with Crippen LogP contribution in [0.4, 0.5) is 0 Å². The van der Waals surface area contributed by atoms with Crippen LogP contribution in [-0.4, -0.2) is 4.98 Å². The SMILES string of the molecule is c1ccc([P+](Cc2ccc3c(n2)CCCC3)(c2ccccc2)c2ccccc2)cc1. The van der Waals surface area contributed by atoms with Gasteiger partial charge in [0.1, 0.15) is 29.3 Å². The second-order valence-electron chi connectivity index (χ2n) is 8.09. The van der Waals surface area contributed by atoms with E-state index in [0.29, 0.717) is 0 Å². The average molecular weight is 409 g/mol. The summed E-state index contributed by atoms with van der Waals surface area (Å²) in [4.78, 5) is 5.20. The van der Waals surface area contributed by atoms with Crippen LogP contribution in [-0.2, 0) is 19.0 Å². The van der Waals surface area contributed by atoms with E-state index < -0.39 is 7.26 Å². The molecule has 1 aliphatic rings. The molecule has 0 bridgehead atoms. The first-order valence-electron chi connectivity index (χ1n) is 10.9. The number of benzene rings is 3. The fourth-order valence-electron chi connectivity index (χ4n) is 4.73. The molecule has 0 fully saturated rings. The number of rotatable bonds is 5. The zero-order valence-electron chi connectivity index (χ0n) is 17.2. The molecule has 0 N–H and O–H groups in total. The van der Waals surface area contributed by atoms with Crippen LogP contribution in [0.1, 0.15) is 29.8 Å². The van der Waals surface area contributed by atoms with E-state index in [1.807, 2.05) is 0 Å². The number of hydrogen-bond donors (Lipinski definition) is 0. The Bertz CT molecular complexity index is 1010. The van der Waals surface area contributed by atoms with Crippen molar-refractivity contribution in [3.63, 3.8) is 0 Å². The van der Waals surface area contributed by atoms with Crippen molar-refractivity contribution in [2.24, 2.45) is 0 Å². The first-order valence-corrected chi connectivity index (χ1v) is 12.9. The Hall–Kier alpha value is -2.76. The van der Waals surface area contributed by atoms with Gasteiger partial charge in [-0.2, -0.15) is 0 Å². The van der Waals surface area contributed by atoms with Crippen LogP contribution in [0.5, 0.6) is 0 Å². The number of pyridine rings is 1. The van der Waals surface area contributed by atoms with Gasteiger partial charge in [0.15, 0.2) is 0 Å². The first kappa shape index (κ1) is 19.2. The molecular weight excluding hydrogens is 381 g/mol. The minimum Gasteiger partial charge on any atom is -0.254 e. The molecule has 1 nitrogen and oxygen atoms in total.